The minimum absolute atomic E-state index is 0.205. The molecular formula is C26H21ClF3N3O2. The number of hydrogen-bond acceptors (Lipinski definition) is 3. The first-order valence-electron chi connectivity index (χ1n) is 10.7. The zero-order valence-electron chi connectivity index (χ0n) is 18.6. The smallest absolute Gasteiger partial charge is 0.435 e. The fourth-order valence-corrected chi connectivity index (χ4v) is 3.76. The largest absolute Gasteiger partial charge is 0.497 e. The minimum atomic E-state index is -4.62. The van der Waals surface area contributed by atoms with Gasteiger partial charge in [0, 0.05) is 17.7 Å². The van der Waals surface area contributed by atoms with Crippen molar-refractivity contribution in [1.29, 1.82) is 0 Å². The summed E-state index contributed by atoms with van der Waals surface area (Å²) in [6.45, 7) is 0.432. The molecule has 0 fully saturated rings. The number of ether oxygens (including phenoxy) is 1. The Bertz CT molecular complexity index is 1320. The number of halogens is 4. The number of nitrogens with one attached hydrogen (secondary N) is 1. The molecule has 5 nitrogen and oxygen atoms in total. The van der Waals surface area contributed by atoms with Gasteiger partial charge in [-0.25, -0.2) is 4.68 Å². The predicted octanol–water partition coefficient (Wildman–Crippen LogP) is 6.19. The van der Waals surface area contributed by atoms with E-state index in [9.17, 15) is 18.0 Å². The highest BCUT2D eigenvalue weighted by atomic mass is 35.5. The molecule has 35 heavy (non-hydrogen) atoms. The molecule has 0 spiro atoms. The Morgan fingerprint density at radius 2 is 1.71 bits per heavy atom. The molecule has 4 rings (SSSR count). The summed E-state index contributed by atoms with van der Waals surface area (Å²) in [5.41, 5.74) is 1.39. The van der Waals surface area contributed by atoms with Gasteiger partial charge < -0.3 is 10.1 Å². The molecule has 9 heteroatoms. The highest BCUT2D eigenvalue weighted by molar-refractivity contribution is 6.32. The lowest BCUT2D eigenvalue weighted by molar-refractivity contribution is -0.141. The van der Waals surface area contributed by atoms with E-state index in [2.05, 4.69) is 10.4 Å². The topological polar surface area (TPSA) is 56.1 Å². The predicted molar refractivity (Wildman–Crippen MR) is 128 cm³/mol. The Kier molecular flexibility index (Phi) is 7.12. The maximum atomic E-state index is 13.4. The number of hydrogen-bond donors (Lipinski definition) is 1. The third-order valence-corrected chi connectivity index (χ3v) is 5.70. The summed E-state index contributed by atoms with van der Waals surface area (Å²) in [5.74, 6) is 0.483. The molecule has 0 bridgehead atoms. The zero-order chi connectivity index (χ0) is 25.0. The fourth-order valence-electron chi connectivity index (χ4n) is 3.54. The molecule has 1 amide bonds. The van der Waals surface area contributed by atoms with Gasteiger partial charge in [-0.1, -0.05) is 48.0 Å². The molecular weight excluding hydrogens is 479 g/mol. The van der Waals surface area contributed by atoms with E-state index in [1.54, 1.807) is 55.6 Å². The average molecular weight is 500 g/mol. The monoisotopic (exact) mass is 499 g/mol. The molecule has 0 unspecified atom stereocenters. The summed E-state index contributed by atoms with van der Waals surface area (Å²) in [7, 11) is 1.60. The summed E-state index contributed by atoms with van der Waals surface area (Å²) in [4.78, 5) is 12.5. The third-order valence-electron chi connectivity index (χ3n) is 5.38. The third kappa shape index (κ3) is 5.66. The van der Waals surface area contributed by atoms with Crippen molar-refractivity contribution >= 4 is 17.5 Å². The van der Waals surface area contributed by atoms with E-state index >= 15 is 0 Å². The maximum absolute atomic E-state index is 13.4. The minimum Gasteiger partial charge on any atom is -0.497 e. The summed E-state index contributed by atoms with van der Waals surface area (Å²) in [5, 5.41) is 6.86. The molecule has 4 aromatic rings. The van der Waals surface area contributed by atoms with E-state index in [0.29, 0.717) is 29.8 Å². The second kappa shape index (κ2) is 10.2. The van der Waals surface area contributed by atoms with Crippen LogP contribution in [-0.2, 0) is 12.6 Å². The standard InChI is InChI=1S/C26H21ClF3N3O2/c1-35-20-12-6-17(7-13-20)14-15-31-25(34)19-10-8-18(9-11-19)23-16-24(26(28,29)30)32-33(23)22-5-3-2-4-21(22)27/h2-13,16H,14-15H2,1H3,(H,31,34). The first-order valence-corrected chi connectivity index (χ1v) is 11.1. The number of carbonyl (C=O) groups is 1. The van der Waals surface area contributed by atoms with Gasteiger partial charge in [0.1, 0.15) is 5.75 Å². The molecule has 0 saturated carbocycles. The van der Waals surface area contributed by atoms with Gasteiger partial charge >= 0.3 is 6.18 Å². The highest BCUT2D eigenvalue weighted by Crippen LogP contribution is 2.34. The van der Waals surface area contributed by atoms with Crippen LogP contribution >= 0.6 is 11.6 Å². The number of aromatic nitrogens is 2. The molecule has 1 N–H and O–H groups in total. The number of nitrogens with zero attached hydrogens (tertiary/aromatic N) is 2. The van der Waals surface area contributed by atoms with Crippen LogP contribution in [0.15, 0.2) is 78.9 Å². The SMILES string of the molecule is COc1ccc(CCNC(=O)c2ccc(-c3cc(C(F)(F)F)nn3-c3ccccc3Cl)cc2)cc1. The summed E-state index contributed by atoms with van der Waals surface area (Å²) < 4.78 is 46.5. The van der Waals surface area contributed by atoms with Crippen molar-refractivity contribution in [2.24, 2.45) is 0 Å². The van der Waals surface area contributed by atoms with Crippen LogP contribution in [0.2, 0.25) is 5.02 Å². The van der Waals surface area contributed by atoms with Gasteiger partial charge in [0.25, 0.3) is 5.91 Å². The Labute approximate surface area is 205 Å². The Morgan fingerprint density at radius 1 is 1.03 bits per heavy atom. The van der Waals surface area contributed by atoms with Crippen LogP contribution in [0, 0.1) is 0 Å². The van der Waals surface area contributed by atoms with Crippen LogP contribution in [0.3, 0.4) is 0 Å². The molecule has 0 aliphatic heterocycles. The molecule has 0 saturated heterocycles. The Balaban J connectivity index is 1.51. The number of alkyl halides is 3. The maximum Gasteiger partial charge on any atom is 0.435 e. The van der Waals surface area contributed by atoms with Gasteiger partial charge in [-0.2, -0.15) is 18.3 Å². The van der Waals surface area contributed by atoms with Crippen molar-refractivity contribution in [3.63, 3.8) is 0 Å². The van der Waals surface area contributed by atoms with Crippen LogP contribution < -0.4 is 10.1 Å². The van der Waals surface area contributed by atoms with Crippen LogP contribution in [0.25, 0.3) is 16.9 Å². The molecule has 0 aliphatic rings. The van der Waals surface area contributed by atoms with Gasteiger partial charge in [0.2, 0.25) is 0 Å². The van der Waals surface area contributed by atoms with Crippen LogP contribution in [0.4, 0.5) is 13.2 Å². The van der Waals surface area contributed by atoms with Gasteiger partial charge in [-0.3, -0.25) is 4.79 Å². The quantitative estimate of drug-likeness (QED) is 0.330. The fraction of sp³-hybridized carbons (Fsp3) is 0.154. The molecule has 0 atom stereocenters. The first kappa shape index (κ1) is 24.3. The molecule has 180 valence electrons. The van der Waals surface area contributed by atoms with Crippen LogP contribution in [0.5, 0.6) is 5.75 Å². The number of benzene rings is 3. The Hall–Kier alpha value is -3.78. The second-order valence-corrected chi connectivity index (χ2v) is 8.11. The van der Waals surface area contributed by atoms with Gasteiger partial charge in [-0.15, -0.1) is 0 Å². The summed E-state index contributed by atoms with van der Waals surface area (Å²) in [6, 6.07) is 21.3. The van der Waals surface area contributed by atoms with Crippen LogP contribution in [-0.4, -0.2) is 29.3 Å². The normalized spacial score (nSPS) is 11.3. The molecule has 1 aromatic heterocycles. The second-order valence-electron chi connectivity index (χ2n) is 7.71. The van der Waals surface area contributed by atoms with E-state index in [0.717, 1.165) is 22.1 Å². The lowest BCUT2D eigenvalue weighted by atomic mass is 10.1. The number of methoxy groups -OCH3 is 1. The Morgan fingerprint density at radius 3 is 2.34 bits per heavy atom. The van der Waals surface area contributed by atoms with Crippen molar-refractivity contribution < 1.29 is 22.7 Å². The zero-order valence-corrected chi connectivity index (χ0v) is 19.4. The van der Waals surface area contributed by atoms with Crippen molar-refractivity contribution in [3.8, 4) is 22.7 Å². The first-order chi connectivity index (χ1) is 16.8. The molecule has 1 heterocycles. The van der Waals surface area contributed by atoms with E-state index in [4.69, 9.17) is 16.3 Å². The highest BCUT2D eigenvalue weighted by Gasteiger charge is 2.35. The van der Waals surface area contributed by atoms with Crippen molar-refractivity contribution in [1.82, 2.24) is 15.1 Å². The number of para-hydroxylation sites is 1. The number of rotatable bonds is 7. The van der Waals surface area contributed by atoms with E-state index in [-0.39, 0.29) is 16.6 Å². The van der Waals surface area contributed by atoms with E-state index < -0.39 is 11.9 Å². The summed E-state index contributed by atoms with van der Waals surface area (Å²) >= 11 is 6.22. The van der Waals surface area contributed by atoms with Crippen molar-refractivity contribution in [2.45, 2.75) is 12.6 Å². The van der Waals surface area contributed by atoms with Gasteiger partial charge in [0.05, 0.1) is 23.5 Å². The lowest BCUT2D eigenvalue weighted by Gasteiger charge is -2.10. The van der Waals surface area contributed by atoms with E-state index in [1.807, 2.05) is 24.3 Å². The van der Waals surface area contributed by atoms with Crippen molar-refractivity contribution in [3.05, 3.63) is 101 Å². The number of carbonyl (C=O) groups excluding carboxylic acids is 1. The average Bonchev–Trinajstić information content (AvgIpc) is 3.31. The van der Waals surface area contributed by atoms with E-state index in [1.165, 1.54) is 0 Å². The van der Waals surface area contributed by atoms with Gasteiger partial charge in [-0.05, 0) is 54.4 Å². The summed E-state index contributed by atoms with van der Waals surface area (Å²) in [6.07, 6.45) is -3.98. The van der Waals surface area contributed by atoms with Gasteiger partial charge in [0.15, 0.2) is 5.69 Å². The lowest BCUT2D eigenvalue weighted by Crippen LogP contribution is -2.25. The molecule has 0 aliphatic carbocycles. The van der Waals surface area contributed by atoms with Crippen LogP contribution in [0.1, 0.15) is 21.6 Å². The molecule has 3 aromatic carbocycles. The van der Waals surface area contributed by atoms with Crippen molar-refractivity contribution in [2.75, 3.05) is 13.7 Å². The number of amides is 1. The molecule has 0 radical (unpaired) electrons.